The molecule has 0 aliphatic rings. The van der Waals surface area contributed by atoms with Gasteiger partial charge < -0.3 is 5.73 Å². The second-order valence-electron chi connectivity index (χ2n) is 3.78. The SMILES string of the molecule is CC(=O)SCCC=Cc1cccc2sc(N)nc12. The van der Waals surface area contributed by atoms with E-state index in [4.69, 9.17) is 5.73 Å². The van der Waals surface area contributed by atoms with Crippen molar-refractivity contribution in [3.63, 3.8) is 0 Å². The van der Waals surface area contributed by atoms with Gasteiger partial charge in [0, 0.05) is 18.2 Å². The number of nitrogens with zero attached hydrogens (tertiary/aromatic N) is 1. The number of para-hydroxylation sites is 1. The molecule has 0 aliphatic carbocycles. The van der Waals surface area contributed by atoms with Crippen LogP contribution in [0.2, 0.25) is 0 Å². The number of rotatable bonds is 4. The van der Waals surface area contributed by atoms with Crippen LogP contribution in [0, 0.1) is 0 Å². The van der Waals surface area contributed by atoms with Crippen molar-refractivity contribution in [3.8, 4) is 0 Å². The van der Waals surface area contributed by atoms with E-state index in [1.54, 1.807) is 6.92 Å². The summed E-state index contributed by atoms with van der Waals surface area (Å²) in [4.78, 5) is 15.1. The fraction of sp³-hybridized carbons (Fsp3) is 0.231. The first kappa shape index (κ1) is 13.1. The van der Waals surface area contributed by atoms with E-state index in [0.717, 1.165) is 28.0 Å². The Kier molecular flexibility index (Phi) is 4.38. The summed E-state index contributed by atoms with van der Waals surface area (Å²) in [5.74, 6) is 0.820. The number of anilines is 1. The number of nitrogen functional groups attached to an aromatic ring is 1. The molecule has 18 heavy (non-hydrogen) atoms. The number of thiazole rings is 1. The van der Waals surface area contributed by atoms with Crippen LogP contribution in [0.4, 0.5) is 5.13 Å². The summed E-state index contributed by atoms with van der Waals surface area (Å²) in [6, 6.07) is 6.05. The molecule has 0 fully saturated rings. The van der Waals surface area contributed by atoms with Crippen LogP contribution in [0.3, 0.4) is 0 Å². The molecule has 2 rings (SSSR count). The highest BCUT2D eigenvalue weighted by Gasteiger charge is 2.03. The molecule has 1 aromatic heterocycles. The predicted octanol–water partition coefficient (Wildman–Crippen LogP) is 3.56. The Morgan fingerprint density at radius 1 is 1.56 bits per heavy atom. The maximum Gasteiger partial charge on any atom is 0.185 e. The summed E-state index contributed by atoms with van der Waals surface area (Å²) < 4.78 is 1.10. The summed E-state index contributed by atoms with van der Waals surface area (Å²) in [6.45, 7) is 1.59. The number of carbonyl (C=O) groups excluding carboxylic acids is 1. The Hall–Kier alpha value is -1.33. The van der Waals surface area contributed by atoms with Gasteiger partial charge in [0.15, 0.2) is 10.2 Å². The number of nitrogens with two attached hydrogens (primary N) is 1. The van der Waals surface area contributed by atoms with Crippen molar-refractivity contribution in [2.75, 3.05) is 11.5 Å². The minimum Gasteiger partial charge on any atom is -0.375 e. The molecule has 0 aliphatic heterocycles. The lowest BCUT2D eigenvalue weighted by molar-refractivity contribution is -0.109. The number of thioether (sulfide) groups is 1. The highest BCUT2D eigenvalue weighted by Crippen LogP contribution is 2.27. The first-order chi connectivity index (χ1) is 8.66. The minimum absolute atomic E-state index is 0.165. The van der Waals surface area contributed by atoms with E-state index < -0.39 is 0 Å². The molecule has 0 atom stereocenters. The van der Waals surface area contributed by atoms with E-state index in [0.29, 0.717) is 5.13 Å². The van der Waals surface area contributed by atoms with Crippen LogP contribution in [-0.4, -0.2) is 15.9 Å². The van der Waals surface area contributed by atoms with Gasteiger partial charge in [-0.3, -0.25) is 4.79 Å². The zero-order valence-corrected chi connectivity index (χ0v) is 11.7. The lowest BCUT2D eigenvalue weighted by atomic mass is 10.2. The molecule has 0 saturated heterocycles. The van der Waals surface area contributed by atoms with E-state index in [9.17, 15) is 4.79 Å². The molecule has 3 nitrogen and oxygen atoms in total. The molecule has 94 valence electrons. The predicted molar refractivity (Wildman–Crippen MR) is 80.8 cm³/mol. The minimum atomic E-state index is 0.165. The van der Waals surface area contributed by atoms with Crippen LogP contribution in [0.25, 0.3) is 16.3 Å². The number of carbonyl (C=O) groups is 1. The van der Waals surface area contributed by atoms with Crippen LogP contribution in [0.1, 0.15) is 18.9 Å². The van der Waals surface area contributed by atoms with Gasteiger partial charge >= 0.3 is 0 Å². The molecule has 2 N–H and O–H groups in total. The maximum atomic E-state index is 10.8. The van der Waals surface area contributed by atoms with Crippen molar-refractivity contribution in [2.45, 2.75) is 13.3 Å². The highest BCUT2D eigenvalue weighted by atomic mass is 32.2. The van der Waals surface area contributed by atoms with Crippen LogP contribution >= 0.6 is 23.1 Å². The fourth-order valence-corrected chi connectivity index (χ4v) is 2.91. The molecule has 5 heteroatoms. The van der Waals surface area contributed by atoms with Crippen molar-refractivity contribution in [1.29, 1.82) is 0 Å². The van der Waals surface area contributed by atoms with Gasteiger partial charge in [0.25, 0.3) is 0 Å². The van der Waals surface area contributed by atoms with Gasteiger partial charge in [0.2, 0.25) is 0 Å². The lowest BCUT2D eigenvalue weighted by Gasteiger charge is -1.95. The number of hydrogen-bond acceptors (Lipinski definition) is 5. The third-order valence-electron chi connectivity index (χ3n) is 2.35. The number of benzene rings is 1. The van der Waals surface area contributed by atoms with Crippen molar-refractivity contribution < 1.29 is 4.79 Å². The van der Waals surface area contributed by atoms with Gasteiger partial charge in [-0.05, 0) is 12.5 Å². The molecule has 0 unspecified atom stereocenters. The third kappa shape index (κ3) is 3.34. The van der Waals surface area contributed by atoms with Gasteiger partial charge in [0.05, 0.1) is 10.2 Å². The first-order valence-electron chi connectivity index (χ1n) is 5.62. The molecule has 2 aromatic rings. The quantitative estimate of drug-likeness (QED) is 0.869. The number of aromatic nitrogens is 1. The van der Waals surface area contributed by atoms with Gasteiger partial charge in [-0.25, -0.2) is 4.98 Å². The van der Waals surface area contributed by atoms with Crippen LogP contribution < -0.4 is 5.73 Å². The number of hydrogen-bond donors (Lipinski definition) is 1. The number of allylic oxidation sites excluding steroid dienone is 1. The zero-order valence-electron chi connectivity index (χ0n) is 10.1. The van der Waals surface area contributed by atoms with Gasteiger partial charge in [-0.2, -0.15) is 0 Å². The van der Waals surface area contributed by atoms with Gasteiger partial charge in [-0.15, -0.1) is 0 Å². The molecule has 0 amide bonds. The highest BCUT2D eigenvalue weighted by molar-refractivity contribution is 8.13. The number of fused-ring (bicyclic) bond motifs is 1. The Bertz CT molecular complexity index is 590. The van der Waals surface area contributed by atoms with Crippen molar-refractivity contribution >= 4 is 49.6 Å². The Balaban J connectivity index is 2.07. The summed E-state index contributed by atoms with van der Waals surface area (Å²) in [6.07, 6.45) is 4.99. The average Bonchev–Trinajstić information content (AvgIpc) is 2.69. The molecular weight excluding hydrogens is 264 g/mol. The van der Waals surface area contributed by atoms with Crippen molar-refractivity contribution in [3.05, 3.63) is 29.8 Å². The molecule has 0 bridgehead atoms. The monoisotopic (exact) mass is 278 g/mol. The Morgan fingerprint density at radius 3 is 3.17 bits per heavy atom. The zero-order chi connectivity index (χ0) is 13.0. The van der Waals surface area contributed by atoms with E-state index in [2.05, 4.69) is 11.1 Å². The average molecular weight is 278 g/mol. The van der Waals surface area contributed by atoms with E-state index >= 15 is 0 Å². The Morgan fingerprint density at radius 2 is 2.39 bits per heavy atom. The maximum absolute atomic E-state index is 10.8. The van der Waals surface area contributed by atoms with Crippen LogP contribution in [0.5, 0.6) is 0 Å². The molecule has 1 aromatic carbocycles. The van der Waals surface area contributed by atoms with E-state index in [1.165, 1.54) is 23.1 Å². The molecule has 1 heterocycles. The Labute approximate surface area is 114 Å². The largest absolute Gasteiger partial charge is 0.375 e. The first-order valence-corrected chi connectivity index (χ1v) is 7.42. The molecule has 0 spiro atoms. The van der Waals surface area contributed by atoms with E-state index in [1.807, 2.05) is 24.3 Å². The third-order valence-corrected chi connectivity index (χ3v) is 4.05. The van der Waals surface area contributed by atoms with Crippen LogP contribution in [-0.2, 0) is 4.79 Å². The summed E-state index contributed by atoms with van der Waals surface area (Å²) >= 11 is 2.85. The normalized spacial score (nSPS) is 11.4. The van der Waals surface area contributed by atoms with Crippen molar-refractivity contribution in [1.82, 2.24) is 4.98 Å². The molecule has 0 saturated carbocycles. The molecular formula is C13H14N2OS2. The summed E-state index contributed by atoms with van der Waals surface area (Å²) in [5, 5.41) is 0.760. The second kappa shape index (κ2) is 6.02. The second-order valence-corrected chi connectivity index (χ2v) is 6.11. The smallest absolute Gasteiger partial charge is 0.185 e. The summed E-state index contributed by atoms with van der Waals surface area (Å²) in [7, 11) is 0. The summed E-state index contributed by atoms with van der Waals surface area (Å²) in [5.41, 5.74) is 7.74. The molecule has 0 radical (unpaired) electrons. The van der Waals surface area contributed by atoms with Crippen molar-refractivity contribution in [2.24, 2.45) is 0 Å². The fourth-order valence-electron chi connectivity index (χ4n) is 1.60. The lowest BCUT2D eigenvalue weighted by Crippen LogP contribution is -1.84. The van der Waals surface area contributed by atoms with Gasteiger partial charge in [-0.1, -0.05) is 47.4 Å². The topological polar surface area (TPSA) is 56.0 Å². The van der Waals surface area contributed by atoms with Gasteiger partial charge in [0.1, 0.15) is 0 Å². The van der Waals surface area contributed by atoms with E-state index in [-0.39, 0.29) is 5.12 Å². The van der Waals surface area contributed by atoms with Crippen LogP contribution in [0.15, 0.2) is 24.3 Å². The standard InChI is InChI=1S/C13H14N2OS2/c1-9(16)17-8-3-2-5-10-6-4-7-11-12(10)15-13(14)18-11/h2,4-7H,3,8H2,1H3,(H2,14,15).